The largest absolute Gasteiger partial charge is 0.488 e. The van der Waals surface area contributed by atoms with Gasteiger partial charge in [0.2, 0.25) is 0 Å². The molecule has 2 heterocycles. The standard InChI is InChI=1S/C40H38N4O3/c1-5-41-34-22-37-32(20-26(34)3)40(33-21-27(4)35(42-6-2)23-38(33)47-37)31-18-12-11-17-30(31)39(45)44(40)43-24-29-16-10-13-19-36(29)46-25-28-14-8-7-9-15-28/h7-24,41-42H,5-6,25H2,1-4H3/b43-24+. The summed E-state index contributed by atoms with van der Waals surface area (Å²) in [4.78, 5) is 14.5. The minimum Gasteiger partial charge on any atom is -0.488 e. The third kappa shape index (κ3) is 5.08. The number of hydrogen-bond donors (Lipinski definition) is 2. The number of rotatable bonds is 9. The number of carbonyl (C=O) groups excluding carboxylic acids is 1. The molecule has 5 aromatic rings. The van der Waals surface area contributed by atoms with Gasteiger partial charge in [0.25, 0.3) is 5.91 Å². The SMILES string of the molecule is CCNc1cc2c(cc1C)C1(c3cc(C)c(NCC)cc3O2)c2ccccc2C(=O)N1/N=C/c1ccccc1OCc1ccccc1. The van der Waals surface area contributed by atoms with Gasteiger partial charge in [0.15, 0.2) is 0 Å². The van der Waals surface area contributed by atoms with Crippen molar-refractivity contribution in [3.05, 3.63) is 148 Å². The Labute approximate surface area is 275 Å². The molecule has 0 saturated carbocycles. The first-order valence-corrected chi connectivity index (χ1v) is 16.1. The van der Waals surface area contributed by atoms with Gasteiger partial charge in [0.05, 0.1) is 6.21 Å². The summed E-state index contributed by atoms with van der Waals surface area (Å²) in [6.45, 7) is 10.3. The number of aryl methyl sites for hydroxylation is 2. The Balaban J connectivity index is 1.43. The average molecular weight is 623 g/mol. The summed E-state index contributed by atoms with van der Waals surface area (Å²) in [7, 11) is 0. The van der Waals surface area contributed by atoms with Crippen LogP contribution in [0.2, 0.25) is 0 Å². The number of hydrazone groups is 1. The molecule has 0 aromatic heterocycles. The molecule has 7 nitrogen and oxygen atoms in total. The van der Waals surface area contributed by atoms with E-state index in [4.69, 9.17) is 14.6 Å². The third-order valence-electron chi connectivity index (χ3n) is 8.91. The first kappa shape index (κ1) is 30.1. The maximum Gasteiger partial charge on any atom is 0.275 e. The monoisotopic (exact) mass is 622 g/mol. The van der Waals surface area contributed by atoms with Crippen LogP contribution in [0.3, 0.4) is 0 Å². The molecule has 2 N–H and O–H groups in total. The van der Waals surface area contributed by atoms with E-state index >= 15 is 0 Å². The Kier molecular flexibility index (Phi) is 7.90. The molecule has 0 bridgehead atoms. The molecule has 2 aliphatic rings. The van der Waals surface area contributed by atoms with E-state index in [-0.39, 0.29) is 5.91 Å². The van der Waals surface area contributed by atoms with Crippen LogP contribution >= 0.6 is 0 Å². The van der Waals surface area contributed by atoms with E-state index in [9.17, 15) is 4.79 Å². The van der Waals surface area contributed by atoms with Crippen LogP contribution in [0.15, 0.2) is 108 Å². The highest BCUT2D eigenvalue weighted by Gasteiger charge is 2.57. The van der Waals surface area contributed by atoms with E-state index in [1.165, 1.54) is 0 Å². The summed E-state index contributed by atoms with van der Waals surface area (Å²) in [6.07, 6.45) is 1.74. The topological polar surface area (TPSA) is 75.2 Å². The van der Waals surface area contributed by atoms with Crippen molar-refractivity contribution >= 4 is 23.5 Å². The number of nitrogens with one attached hydrogen (secondary N) is 2. The highest BCUT2D eigenvalue weighted by Crippen LogP contribution is 2.59. The van der Waals surface area contributed by atoms with Gasteiger partial charge in [-0.15, -0.1) is 0 Å². The highest BCUT2D eigenvalue weighted by atomic mass is 16.5. The molecule has 0 saturated heterocycles. The van der Waals surface area contributed by atoms with Crippen LogP contribution in [0.1, 0.15) is 63.1 Å². The van der Waals surface area contributed by atoms with E-state index in [1.54, 1.807) is 11.2 Å². The number of nitrogens with zero attached hydrogens (tertiary/aromatic N) is 2. The van der Waals surface area contributed by atoms with Crippen molar-refractivity contribution in [3.8, 4) is 17.2 Å². The molecule has 2 aliphatic heterocycles. The number of carbonyl (C=O) groups is 1. The van der Waals surface area contributed by atoms with Crippen LogP contribution in [-0.4, -0.2) is 30.2 Å². The van der Waals surface area contributed by atoms with Crippen molar-refractivity contribution in [3.63, 3.8) is 0 Å². The zero-order valence-corrected chi connectivity index (χ0v) is 27.1. The van der Waals surface area contributed by atoms with Crippen molar-refractivity contribution in [2.75, 3.05) is 23.7 Å². The van der Waals surface area contributed by atoms with Gasteiger partial charge in [-0.1, -0.05) is 60.7 Å². The van der Waals surface area contributed by atoms with Gasteiger partial charge in [-0.25, -0.2) is 5.01 Å². The summed E-state index contributed by atoms with van der Waals surface area (Å²) in [5.74, 6) is 1.87. The normalized spacial score (nSPS) is 14.0. The lowest BCUT2D eigenvalue weighted by Gasteiger charge is -2.42. The van der Waals surface area contributed by atoms with Crippen molar-refractivity contribution in [2.24, 2.45) is 5.10 Å². The molecule has 0 unspecified atom stereocenters. The molecule has 0 radical (unpaired) electrons. The first-order valence-electron chi connectivity index (χ1n) is 16.1. The Morgan fingerprint density at radius 3 is 2.02 bits per heavy atom. The van der Waals surface area contributed by atoms with Gasteiger partial charge < -0.3 is 20.1 Å². The molecular weight excluding hydrogens is 584 g/mol. The van der Waals surface area contributed by atoms with Crippen LogP contribution in [0, 0.1) is 13.8 Å². The van der Waals surface area contributed by atoms with E-state index in [2.05, 4.69) is 50.5 Å². The van der Waals surface area contributed by atoms with Crippen LogP contribution < -0.4 is 20.1 Å². The van der Waals surface area contributed by atoms with E-state index in [0.29, 0.717) is 29.4 Å². The summed E-state index contributed by atoms with van der Waals surface area (Å²) in [5.41, 5.74) is 8.06. The van der Waals surface area contributed by atoms with Crippen molar-refractivity contribution < 1.29 is 14.3 Å². The average Bonchev–Trinajstić information content (AvgIpc) is 3.33. The molecule has 1 spiro atoms. The van der Waals surface area contributed by atoms with Gasteiger partial charge in [-0.2, -0.15) is 5.10 Å². The third-order valence-corrected chi connectivity index (χ3v) is 8.91. The van der Waals surface area contributed by atoms with Crippen molar-refractivity contribution in [1.82, 2.24) is 5.01 Å². The fourth-order valence-electron chi connectivity index (χ4n) is 6.73. The smallest absolute Gasteiger partial charge is 0.275 e. The number of hydrogen-bond acceptors (Lipinski definition) is 6. The first-order chi connectivity index (χ1) is 22.9. The molecule has 236 valence electrons. The van der Waals surface area contributed by atoms with Crippen LogP contribution in [0.4, 0.5) is 11.4 Å². The number of fused-ring (bicyclic) bond motifs is 6. The van der Waals surface area contributed by atoms with E-state index in [0.717, 1.165) is 63.4 Å². The van der Waals surface area contributed by atoms with Gasteiger partial charge in [-0.05, 0) is 74.7 Å². The lowest BCUT2D eigenvalue weighted by atomic mass is 9.74. The Morgan fingerprint density at radius 2 is 1.36 bits per heavy atom. The summed E-state index contributed by atoms with van der Waals surface area (Å²) in [6, 6.07) is 34.0. The molecule has 7 heteroatoms. The minimum atomic E-state index is -1.07. The quantitative estimate of drug-likeness (QED) is 0.161. The van der Waals surface area contributed by atoms with E-state index in [1.807, 2.05) is 91.0 Å². The molecule has 1 amide bonds. The van der Waals surface area contributed by atoms with Gasteiger partial charge >= 0.3 is 0 Å². The summed E-state index contributed by atoms with van der Waals surface area (Å²) >= 11 is 0. The number of amides is 1. The summed E-state index contributed by atoms with van der Waals surface area (Å²) in [5, 5.41) is 13.6. The molecule has 0 aliphatic carbocycles. The van der Waals surface area contributed by atoms with Crippen molar-refractivity contribution in [1.29, 1.82) is 0 Å². The second-order valence-corrected chi connectivity index (χ2v) is 11.9. The molecule has 7 rings (SSSR count). The molecule has 0 atom stereocenters. The zero-order valence-electron chi connectivity index (χ0n) is 27.1. The highest BCUT2D eigenvalue weighted by molar-refractivity contribution is 6.03. The number of para-hydroxylation sites is 1. The Bertz CT molecular complexity index is 1940. The second kappa shape index (κ2) is 12.3. The number of anilines is 2. The maximum atomic E-state index is 14.5. The van der Waals surface area contributed by atoms with Crippen molar-refractivity contribution in [2.45, 2.75) is 39.8 Å². The van der Waals surface area contributed by atoms with Crippen LogP contribution in [0.25, 0.3) is 0 Å². The molecular formula is C40H38N4O3. The number of benzene rings is 5. The fraction of sp³-hybridized carbons (Fsp3) is 0.200. The van der Waals surface area contributed by atoms with Crippen LogP contribution in [-0.2, 0) is 12.1 Å². The summed E-state index contributed by atoms with van der Waals surface area (Å²) < 4.78 is 13.0. The predicted octanol–water partition coefficient (Wildman–Crippen LogP) is 8.63. The second-order valence-electron chi connectivity index (χ2n) is 11.9. The molecule has 0 fully saturated rings. The van der Waals surface area contributed by atoms with Gasteiger partial charge in [-0.3, -0.25) is 4.79 Å². The minimum absolute atomic E-state index is 0.180. The lowest BCUT2D eigenvalue weighted by Crippen LogP contribution is -2.44. The Hall–Kier alpha value is -5.56. The van der Waals surface area contributed by atoms with E-state index < -0.39 is 5.54 Å². The maximum absolute atomic E-state index is 14.5. The lowest BCUT2D eigenvalue weighted by molar-refractivity contribution is 0.0675. The van der Waals surface area contributed by atoms with Gasteiger partial charge in [0, 0.05) is 64.4 Å². The van der Waals surface area contributed by atoms with Crippen LogP contribution in [0.5, 0.6) is 17.2 Å². The predicted molar refractivity (Wildman–Crippen MR) is 188 cm³/mol. The number of ether oxygens (including phenoxy) is 2. The molecule has 47 heavy (non-hydrogen) atoms. The Morgan fingerprint density at radius 1 is 0.766 bits per heavy atom. The molecule has 5 aromatic carbocycles. The van der Waals surface area contributed by atoms with Gasteiger partial charge in [0.1, 0.15) is 29.4 Å². The zero-order chi connectivity index (χ0) is 32.5. The fourth-order valence-corrected chi connectivity index (χ4v) is 6.73.